The van der Waals surface area contributed by atoms with Crippen LogP contribution in [0.1, 0.15) is 57.7 Å². The maximum absolute atomic E-state index is 15.9. The second-order valence-corrected chi connectivity index (χ2v) is 20.7. The molecule has 1 saturated carbocycles. The van der Waals surface area contributed by atoms with E-state index in [1.54, 1.807) is 35.0 Å². The van der Waals surface area contributed by atoms with Crippen LogP contribution in [0.2, 0.25) is 0 Å². The molecule has 2 aromatic heterocycles. The zero-order valence-corrected chi connectivity index (χ0v) is 44.1. The molecule has 2 fully saturated rings. The van der Waals surface area contributed by atoms with E-state index in [4.69, 9.17) is 29.4 Å². The number of rotatable bonds is 23. The highest BCUT2D eigenvalue weighted by Crippen LogP contribution is 2.49. The van der Waals surface area contributed by atoms with Gasteiger partial charge in [-0.2, -0.15) is 0 Å². The molecule has 6 aromatic rings. The number of aryl methyl sites for hydroxylation is 1. The number of anilines is 2. The van der Waals surface area contributed by atoms with Crippen molar-refractivity contribution in [3.05, 3.63) is 120 Å². The van der Waals surface area contributed by atoms with Crippen molar-refractivity contribution in [2.75, 3.05) is 51.6 Å². The van der Waals surface area contributed by atoms with Gasteiger partial charge in [-0.05, 0) is 84.8 Å². The summed E-state index contributed by atoms with van der Waals surface area (Å²) < 4.78 is 58.7. The molecule has 8 rings (SSSR count). The summed E-state index contributed by atoms with van der Waals surface area (Å²) in [5, 5.41) is 16.8. The zero-order valence-electron chi connectivity index (χ0n) is 43.3. The molecule has 3 heterocycles. The van der Waals surface area contributed by atoms with Gasteiger partial charge in [-0.15, -0.1) is 11.3 Å². The summed E-state index contributed by atoms with van der Waals surface area (Å²) in [5.74, 6) is -3.33. The number of ether oxygens (including phenoxy) is 5. The van der Waals surface area contributed by atoms with Crippen LogP contribution in [0.15, 0.2) is 96.6 Å². The van der Waals surface area contributed by atoms with E-state index in [1.807, 2.05) is 52.0 Å². The fourth-order valence-corrected chi connectivity index (χ4v) is 9.72. The van der Waals surface area contributed by atoms with E-state index in [0.717, 1.165) is 44.8 Å². The van der Waals surface area contributed by atoms with Gasteiger partial charge in [-0.1, -0.05) is 45.0 Å². The van der Waals surface area contributed by atoms with Crippen molar-refractivity contribution in [3.63, 3.8) is 0 Å². The molecule has 4 aromatic carbocycles. The quantitative estimate of drug-likeness (QED) is 0.0365. The number of primary amides is 1. The van der Waals surface area contributed by atoms with Crippen molar-refractivity contribution in [1.29, 1.82) is 0 Å². The lowest BCUT2D eigenvalue weighted by Gasteiger charge is -2.35. The van der Waals surface area contributed by atoms with Crippen LogP contribution in [0.25, 0.3) is 21.3 Å². The zero-order chi connectivity index (χ0) is 55.0. The van der Waals surface area contributed by atoms with Crippen LogP contribution in [-0.2, 0) is 40.0 Å². The first-order valence-electron chi connectivity index (χ1n) is 25.0. The van der Waals surface area contributed by atoms with Crippen LogP contribution in [-0.4, -0.2) is 114 Å². The number of nitrogens with one attached hydrogen (secondary N) is 2. The predicted molar refractivity (Wildman–Crippen MR) is 283 cm³/mol. The number of hydrogen-bond donors (Lipinski definition) is 4. The number of nitrogens with zero attached hydrogens (tertiary/aromatic N) is 4. The standard InChI is InChI=1S/C56H61F2N7O11S/c1-33-49(77-32-62-33)35-8-6-34(7-9-35)30-61-51(68)43-27-39(66)31-64(43)52(69)50(55(2,3)4)63-48(67)17-21-73-22-23-74-24-25-75-47-29-42-40(28-46(47)72-5)44(16-20-60-42)76-45-15-14-38(26-41(45)58)65(37-12-10-36(57)11-13-37)54(71)56(18-19-56)53(59)70/h6-16,20,26,28-29,32,39,43,50,66H,17-19,21-25,27,30-31H2,1-5H3,(H2,59,70)(H,61,68)(H,63,67)/t39-,43+,50?/m1/s1. The van der Waals surface area contributed by atoms with Crippen LogP contribution >= 0.6 is 11.3 Å². The van der Waals surface area contributed by atoms with Gasteiger partial charge in [0.2, 0.25) is 29.5 Å². The number of likely N-dealkylation sites (tertiary alicyclic amines) is 1. The first-order chi connectivity index (χ1) is 36.9. The largest absolute Gasteiger partial charge is 0.493 e. The molecule has 21 heteroatoms. The molecule has 3 atom stereocenters. The number of β-amino-alcohol motifs (C(OH)–C–C–N with tert-alkyl or cyclic N) is 1. The first kappa shape index (κ1) is 55.6. The van der Waals surface area contributed by atoms with Crippen molar-refractivity contribution in [2.24, 2.45) is 16.6 Å². The average molecular weight is 1080 g/mol. The molecular formula is C56H61F2N7O11S. The Kier molecular flexibility index (Phi) is 17.5. The predicted octanol–water partition coefficient (Wildman–Crippen LogP) is 7.29. The molecular weight excluding hydrogens is 1020 g/mol. The Morgan fingerprint density at radius 1 is 0.870 bits per heavy atom. The number of aliphatic hydroxyl groups is 1. The highest BCUT2D eigenvalue weighted by atomic mass is 32.1. The SMILES string of the molecule is COc1cc2c(Oc3ccc(N(C(=O)C4(C(N)=O)CC4)c4ccc(F)cc4)cc3F)ccnc2cc1OCCOCCOCCC(=O)NC(C(=O)N1C[C@H](O)C[C@H]1C(=O)NCc1ccc(-c2scnc2C)cc1)C(C)(C)C. The number of benzene rings is 4. The maximum Gasteiger partial charge on any atom is 0.247 e. The Morgan fingerprint density at radius 3 is 2.22 bits per heavy atom. The van der Waals surface area contributed by atoms with Crippen LogP contribution < -0.4 is 35.5 Å². The molecule has 406 valence electrons. The van der Waals surface area contributed by atoms with E-state index >= 15 is 4.39 Å². The second kappa shape index (κ2) is 24.2. The summed E-state index contributed by atoms with van der Waals surface area (Å²) >= 11 is 1.56. The third-order valence-corrected chi connectivity index (χ3v) is 14.3. The third kappa shape index (κ3) is 13.2. The van der Waals surface area contributed by atoms with Gasteiger partial charge < -0.3 is 50.1 Å². The number of nitrogens with two attached hydrogens (primary N) is 1. The average Bonchev–Trinajstić information content (AvgIpc) is 3.98. The van der Waals surface area contributed by atoms with Crippen LogP contribution in [0, 0.1) is 29.4 Å². The van der Waals surface area contributed by atoms with Gasteiger partial charge in [0.25, 0.3) is 0 Å². The fraction of sp³-hybridized carbons (Fsp3) is 0.375. The van der Waals surface area contributed by atoms with E-state index in [-0.39, 0.29) is 94.7 Å². The Morgan fingerprint density at radius 2 is 1.57 bits per heavy atom. The number of fused-ring (bicyclic) bond motifs is 1. The lowest BCUT2D eigenvalue weighted by Crippen LogP contribution is -2.57. The van der Waals surface area contributed by atoms with Gasteiger partial charge in [0.1, 0.15) is 35.7 Å². The summed E-state index contributed by atoms with van der Waals surface area (Å²) in [7, 11) is 1.46. The smallest absolute Gasteiger partial charge is 0.247 e. The highest BCUT2D eigenvalue weighted by molar-refractivity contribution is 7.13. The molecule has 1 aliphatic heterocycles. The molecule has 2 aliphatic rings. The minimum atomic E-state index is -1.44. The minimum Gasteiger partial charge on any atom is -0.493 e. The van der Waals surface area contributed by atoms with Crippen molar-refractivity contribution >= 4 is 63.2 Å². The fourth-order valence-electron chi connectivity index (χ4n) is 8.91. The summed E-state index contributed by atoms with van der Waals surface area (Å²) in [6, 6.07) is 19.6. The Balaban J connectivity index is 0.779. The summed E-state index contributed by atoms with van der Waals surface area (Å²) in [4.78, 5) is 79.0. The van der Waals surface area contributed by atoms with Crippen molar-refractivity contribution in [1.82, 2.24) is 25.5 Å². The van der Waals surface area contributed by atoms with Gasteiger partial charge in [-0.3, -0.25) is 33.9 Å². The number of amides is 5. The molecule has 5 amide bonds. The Labute approximate surface area is 447 Å². The van der Waals surface area contributed by atoms with Crippen LogP contribution in [0.3, 0.4) is 0 Å². The molecule has 1 saturated heterocycles. The number of methoxy groups -OCH3 is 1. The van der Waals surface area contributed by atoms with E-state index < -0.39 is 70.2 Å². The molecule has 18 nitrogen and oxygen atoms in total. The Bertz CT molecular complexity index is 3110. The molecule has 1 aliphatic carbocycles. The van der Waals surface area contributed by atoms with Crippen molar-refractivity contribution < 1.29 is 61.5 Å². The van der Waals surface area contributed by atoms with E-state index in [0.29, 0.717) is 22.4 Å². The molecule has 1 unspecified atom stereocenters. The summed E-state index contributed by atoms with van der Waals surface area (Å²) in [5.41, 5.74) is 8.82. The molecule has 5 N–H and O–H groups in total. The second-order valence-electron chi connectivity index (χ2n) is 19.9. The van der Waals surface area contributed by atoms with Crippen molar-refractivity contribution in [3.8, 4) is 33.4 Å². The lowest BCUT2D eigenvalue weighted by molar-refractivity contribution is -0.144. The van der Waals surface area contributed by atoms with Gasteiger partial charge in [0, 0.05) is 55.3 Å². The number of pyridine rings is 1. The Hall–Kier alpha value is -7.59. The number of carbonyl (C=O) groups is 5. The maximum atomic E-state index is 15.9. The molecule has 0 spiro atoms. The summed E-state index contributed by atoms with van der Waals surface area (Å²) in [6.07, 6.45) is 1.09. The highest BCUT2D eigenvalue weighted by Gasteiger charge is 2.57. The number of carbonyl (C=O) groups excluding carboxylic acids is 5. The van der Waals surface area contributed by atoms with E-state index in [1.165, 1.54) is 42.5 Å². The normalized spacial score (nSPS) is 16.1. The summed E-state index contributed by atoms with van der Waals surface area (Å²) in [6.45, 7) is 8.30. The number of halogens is 2. The van der Waals surface area contributed by atoms with E-state index in [2.05, 4.69) is 20.6 Å². The van der Waals surface area contributed by atoms with Gasteiger partial charge in [0.15, 0.2) is 23.1 Å². The minimum absolute atomic E-state index is 0.0411. The lowest BCUT2D eigenvalue weighted by atomic mass is 9.85. The molecule has 0 radical (unpaired) electrons. The topological polar surface area (TPSA) is 234 Å². The number of aromatic nitrogens is 2. The van der Waals surface area contributed by atoms with Crippen LogP contribution in [0.5, 0.6) is 23.0 Å². The van der Waals surface area contributed by atoms with E-state index in [9.17, 15) is 33.5 Å². The van der Waals surface area contributed by atoms with Gasteiger partial charge >= 0.3 is 0 Å². The van der Waals surface area contributed by atoms with Gasteiger partial charge in [0.05, 0.1) is 66.9 Å². The molecule has 77 heavy (non-hydrogen) atoms. The van der Waals surface area contributed by atoms with Crippen molar-refractivity contribution in [2.45, 2.75) is 78.1 Å². The van der Waals surface area contributed by atoms with Gasteiger partial charge in [-0.25, -0.2) is 13.8 Å². The monoisotopic (exact) mass is 1080 g/mol. The third-order valence-electron chi connectivity index (χ3n) is 13.3. The number of hydrogen-bond acceptors (Lipinski definition) is 14. The first-order valence-corrected chi connectivity index (χ1v) is 25.9. The molecule has 0 bridgehead atoms. The number of thiazole rings is 1. The van der Waals surface area contributed by atoms with Crippen LogP contribution in [0.4, 0.5) is 20.2 Å². The number of aliphatic hydroxyl groups excluding tert-OH is 1.